The second kappa shape index (κ2) is 14.4. The van der Waals surface area contributed by atoms with Crippen LogP contribution < -0.4 is 21.9 Å². The normalized spacial score (nSPS) is 11.5. The zero-order valence-corrected chi connectivity index (χ0v) is 23.0. The van der Waals surface area contributed by atoms with Crippen molar-refractivity contribution < 1.29 is 19.5 Å². The summed E-state index contributed by atoms with van der Waals surface area (Å²) in [7, 11) is 0. The van der Waals surface area contributed by atoms with Crippen molar-refractivity contribution in [2.24, 2.45) is 11.5 Å². The number of halogens is 2. The van der Waals surface area contributed by atoms with Crippen molar-refractivity contribution in [1.29, 1.82) is 5.41 Å². The van der Waals surface area contributed by atoms with Gasteiger partial charge in [0.2, 0.25) is 5.91 Å². The lowest BCUT2D eigenvalue weighted by Gasteiger charge is -2.26. The molecule has 12 heteroatoms. The minimum atomic E-state index is -1.17. The summed E-state index contributed by atoms with van der Waals surface area (Å²) in [6, 6.07) is 20.8. The lowest BCUT2D eigenvalue weighted by atomic mass is 10.1. The molecule has 0 bridgehead atoms. The van der Waals surface area contributed by atoms with Crippen molar-refractivity contribution in [1.82, 2.24) is 10.3 Å². The van der Waals surface area contributed by atoms with Crippen LogP contribution in [-0.4, -0.2) is 46.3 Å². The Bertz CT molecular complexity index is 1330. The number of benzene rings is 3. The fourth-order valence-electron chi connectivity index (χ4n) is 3.92. The number of nitrogens with two attached hydrogens (primary N) is 2. The molecule has 3 aromatic rings. The molecule has 1 unspecified atom stereocenters. The average Bonchev–Trinajstić information content (AvgIpc) is 2.91. The van der Waals surface area contributed by atoms with E-state index < -0.39 is 36.2 Å². The SMILES string of the molecule is N=C(N)N(CCCC(N)C(=O)O)C(=O)CC(=O)N(NCc1cc(Cl)cc(Cl)c1)c1ccc(-c2ccccc2)cc1. The zero-order valence-electron chi connectivity index (χ0n) is 21.5. The molecule has 0 aromatic heterocycles. The first kappa shape index (κ1) is 30.6. The fraction of sp³-hybridized carbons (Fsp3) is 0.214. The van der Waals surface area contributed by atoms with Crippen LogP contribution in [0.15, 0.2) is 72.8 Å². The standard InChI is InChI=1S/C28H30Cl2N6O4/c29-21-13-18(14-22(30)15-21)17-34-36(23-10-8-20(9-11-23)19-5-2-1-3-6-19)26(38)16-25(37)35(28(32)33)12-4-7-24(31)27(39)40/h1-3,5-6,8-11,13-15,24,34H,4,7,12,16-17,31H2,(H3,32,33)(H,39,40). The summed E-state index contributed by atoms with van der Waals surface area (Å²) in [5.74, 6) is -3.03. The number of nitrogens with zero attached hydrogens (tertiary/aromatic N) is 2. The third kappa shape index (κ3) is 8.78. The molecule has 0 heterocycles. The van der Waals surface area contributed by atoms with Crippen LogP contribution in [0.25, 0.3) is 11.1 Å². The summed E-state index contributed by atoms with van der Waals surface area (Å²) >= 11 is 12.2. The quantitative estimate of drug-likeness (QED) is 0.0927. The van der Waals surface area contributed by atoms with E-state index >= 15 is 0 Å². The van der Waals surface area contributed by atoms with Crippen molar-refractivity contribution in [3.8, 4) is 11.1 Å². The molecule has 3 aromatic carbocycles. The Morgan fingerprint density at radius 2 is 1.52 bits per heavy atom. The number of hydrogen-bond donors (Lipinski definition) is 5. The largest absolute Gasteiger partial charge is 0.480 e. The summed E-state index contributed by atoms with van der Waals surface area (Å²) < 4.78 is 0. The highest BCUT2D eigenvalue weighted by molar-refractivity contribution is 6.34. The Kier molecular flexibility index (Phi) is 11.0. The summed E-state index contributed by atoms with van der Waals surface area (Å²) in [6.45, 7) is 0.118. The number of anilines is 1. The van der Waals surface area contributed by atoms with Gasteiger partial charge in [-0.05, 0) is 59.9 Å². The van der Waals surface area contributed by atoms with E-state index in [0.717, 1.165) is 16.0 Å². The highest BCUT2D eigenvalue weighted by atomic mass is 35.5. The molecule has 0 fully saturated rings. The minimum Gasteiger partial charge on any atom is -0.480 e. The van der Waals surface area contributed by atoms with Gasteiger partial charge in [0.05, 0.1) is 5.69 Å². The van der Waals surface area contributed by atoms with Gasteiger partial charge in [0.1, 0.15) is 12.5 Å². The molecule has 0 aliphatic heterocycles. The summed E-state index contributed by atoms with van der Waals surface area (Å²) in [4.78, 5) is 38.3. The maximum absolute atomic E-state index is 13.4. The van der Waals surface area contributed by atoms with E-state index in [1.54, 1.807) is 30.3 Å². The number of hydrazine groups is 1. The molecule has 210 valence electrons. The molecule has 7 N–H and O–H groups in total. The number of carboxylic acid groups (broad SMARTS) is 1. The van der Waals surface area contributed by atoms with Gasteiger partial charge < -0.3 is 16.6 Å². The van der Waals surface area contributed by atoms with Crippen molar-refractivity contribution in [3.05, 3.63) is 88.4 Å². The molecule has 0 aliphatic rings. The highest BCUT2D eigenvalue weighted by Crippen LogP contribution is 2.24. The van der Waals surface area contributed by atoms with Gasteiger partial charge in [-0.2, -0.15) is 0 Å². The third-order valence-corrected chi connectivity index (χ3v) is 6.39. The van der Waals surface area contributed by atoms with Gasteiger partial charge in [-0.1, -0.05) is 65.7 Å². The Morgan fingerprint density at radius 1 is 0.925 bits per heavy atom. The van der Waals surface area contributed by atoms with Gasteiger partial charge in [0.15, 0.2) is 5.96 Å². The molecule has 2 amide bonds. The first-order chi connectivity index (χ1) is 19.0. The lowest BCUT2D eigenvalue weighted by Crippen LogP contribution is -2.48. The topological polar surface area (TPSA) is 166 Å². The first-order valence-electron chi connectivity index (χ1n) is 12.3. The number of rotatable bonds is 12. The van der Waals surface area contributed by atoms with Crippen molar-refractivity contribution >= 4 is 52.6 Å². The number of nitrogens with one attached hydrogen (secondary N) is 2. The van der Waals surface area contributed by atoms with E-state index in [1.165, 1.54) is 5.01 Å². The Balaban J connectivity index is 1.79. The first-order valence-corrected chi connectivity index (χ1v) is 13.1. The van der Waals surface area contributed by atoms with Crippen LogP contribution in [-0.2, 0) is 20.9 Å². The smallest absolute Gasteiger partial charge is 0.320 e. The van der Waals surface area contributed by atoms with E-state index in [-0.39, 0.29) is 25.9 Å². The second-order valence-electron chi connectivity index (χ2n) is 8.95. The van der Waals surface area contributed by atoms with E-state index in [1.807, 2.05) is 42.5 Å². The Hall–Kier alpha value is -3.96. The summed E-state index contributed by atoms with van der Waals surface area (Å²) in [6.07, 6.45) is -0.344. The van der Waals surface area contributed by atoms with Gasteiger partial charge in [-0.3, -0.25) is 24.7 Å². The van der Waals surface area contributed by atoms with Crippen LogP contribution in [0.5, 0.6) is 0 Å². The van der Waals surface area contributed by atoms with Crippen LogP contribution in [0.2, 0.25) is 10.0 Å². The van der Waals surface area contributed by atoms with Gasteiger partial charge >= 0.3 is 5.97 Å². The number of aliphatic carboxylic acids is 1. The minimum absolute atomic E-state index is 0.0529. The van der Waals surface area contributed by atoms with Gasteiger partial charge in [-0.25, -0.2) is 10.4 Å². The number of amides is 2. The number of hydrogen-bond acceptors (Lipinski definition) is 6. The highest BCUT2D eigenvalue weighted by Gasteiger charge is 2.25. The van der Waals surface area contributed by atoms with E-state index in [2.05, 4.69) is 5.43 Å². The molecular weight excluding hydrogens is 555 g/mol. The Morgan fingerprint density at radius 3 is 2.10 bits per heavy atom. The average molecular weight is 585 g/mol. The summed E-state index contributed by atoms with van der Waals surface area (Å²) in [5.41, 5.74) is 17.3. The van der Waals surface area contributed by atoms with Crippen LogP contribution in [0.1, 0.15) is 24.8 Å². The van der Waals surface area contributed by atoms with Crippen molar-refractivity contribution in [2.75, 3.05) is 11.6 Å². The van der Waals surface area contributed by atoms with Crippen LogP contribution >= 0.6 is 23.2 Å². The number of guanidine groups is 1. The molecule has 0 aliphatic carbocycles. The van der Waals surface area contributed by atoms with Crippen molar-refractivity contribution in [3.63, 3.8) is 0 Å². The number of carbonyl (C=O) groups is 3. The van der Waals surface area contributed by atoms with Crippen molar-refractivity contribution in [2.45, 2.75) is 31.8 Å². The fourth-order valence-corrected chi connectivity index (χ4v) is 4.49. The molecule has 0 radical (unpaired) electrons. The molecule has 1 atom stereocenters. The van der Waals surface area contributed by atoms with E-state index in [4.69, 9.17) is 45.2 Å². The number of carbonyl (C=O) groups excluding carboxylic acids is 2. The maximum Gasteiger partial charge on any atom is 0.320 e. The maximum atomic E-state index is 13.4. The van der Waals surface area contributed by atoms with Gasteiger partial charge in [0, 0.05) is 23.1 Å². The zero-order chi connectivity index (χ0) is 29.2. The molecule has 0 saturated heterocycles. The predicted octanol–water partition coefficient (Wildman–Crippen LogP) is 4.00. The lowest BCUT2D eigenvalue weighted by molar-refractivity contribution is -0.138. The molecule has 10 nitrogen and oxygen atoms in total. The van der Waals surface area contributed by atoms with E-state index in [9.17, 15) is 14.4 Å². The van der Waals surface area contributed by atoms with Gasteiger partial charge in [0.25, 0.3) is 5.91 Å². The summed E-state index contributed by atoms with van der Waals surface area (Å²) in [5, 5.41) is 18.9. The van der Waals surface area contributed by atoms with Crippen LogP contribution in [0.4, 0.5) is 5.69 Å². The predicted molar refractivity (Wildman–Crippen MR) is 156 cm³/mol. The number of carboxylic acids is 1. The molecule has 40 heavy (non-hydrogen) atoms. The monoisotopic (exact) mass is 584 g/mol. The molecule has 0 saturated carbocycles. The molecular formula is C28H30Cl2N6O4. The van der Waals surface area contributed by atoms with Gasteiger partial charge in [-0.15, -0.1) is 0 Å². The molecule has 3 rings (SSSR count). The van der Waals surface area contributed by atoms with Crippen LogP contribution in [0, 0.1) is 5.41 Å². The second-order valence-corrected chi connectivity index (χ2v) is 9.82. The Labute approximate surface area is 241 Å². The van der Waals surface area contributed by atoms with Crippen LogP contribution in [0.3, 0.4) is 0 Å². The van der Waals surface area contributed by atoms with E-state index in [0.29, 0.717) is 21.3 Å². The third-order valence-electron chi connectivity index (χ3n) is 5.95. The molecule has 0 spiro atoms.